The number of hydrazine groups is 1. The molecule has 0 spiro atoms. The largest absolute Gasteiger partial charge is 0.484 e. The van der Waals surface area contributed by atoms with Crippen molar-refractivity contribution < 1.29 is 9.53 Å². The Kier molecular flexibility index (Phi) is 5.50. The lowest BCUT2D eigenvalue weighted by Crippen LogP contribution is -2.27. The van der Waals surface area contributed by atoms with Crippen LogP contribution in [0.1, 0.15) is 5.56 Å². The van der Waals surface area contributed by atoms with E-state index in [0.717, 1.165) is 40.2 Å². The van der Waals surface area contributed by atoms with Crippen molar-refractivity contribution in [3.8, 4) is 17.1 Å². The summed E-state index contributed by atoms with van der Waals surface area (Å²) in [5.41, 5.74) is 11.1. The number of hydrogen-bond acceptors (Lipinski definition) is 7. The molecule has 1 amide bonds. The van der Waals surface area contributed by atoms with Crippen LogP contribution in [0.3, 0.4) is 0 Å². The molecular formula is C25H24N6O2. The minimum absolute atomic E-state index is 0.0239. The van der Waals surface area contributed by atoms with Crippen molar-refractivity contribution in [2.75, 3.05) is 31.4 Å². The van der Waals surface area contributed by atoms with E-state index in [9.17, 15) is 4.79 Å². The highest BCUT2D eigenvalue weighted by molar-refractivity contribution is 5.92. The van der Waals surface area contributed by atoms with E-state index >= 15 is 0 Å². The van der Waals surface area contributed by atoms with E-state index in [2.05, 4.69) is 22.2 Å². The Hall–Kier alpha value is -4.17. The summed E-state index contributed by atoms with van der Waals surface area (Å²) in [6, 6.07) is 21.5. The summed E-state index contributed by atoms with van der Waals surface area (Å²) in [6.45, 7) is 0.744. The van der Waals surface area contributed by atoms with Gasteiger partial charge in [-0.05, 0) is 48.0 Å². The van der Waals surface area contributed by atoms with E-state index in [1.807, 2.05) is 60.7 Å². The van der Waals surface area contributed by atoms with Gasteiger partial charge >= 0.3 is 0 Å². The molecule has 0 bridgehead atoms. The first-order valence-electron chi connectivity index (χ1n) is 10.7. The molecule has 2 heterocycles. The van der Waals surface area contributed by atoms with E-state index in [-0.39, 0.29) is 12.5 Å². The van der Waals surface area contributed by atoms with Crippen LogP contribution in [0.2, 0.25) is 0 Å². The number of carbonyl (C=O) groups is 1. The van der Waals surface area contributed by atoms with Crippen LogP contribution in [-0.4, -0.2) is 41.5 Å². The van der Waals surface area contributed by atoms with Gasteiger partial charge in [-0.3, -0.25) is 4.79 Å². The number of carbonyl (C=O) groups excluding carboxylic acids is 1. The molecule has 0 saturated heterocycles. The van der Waals surface area contributed by atoms with Crippen molar-refractivity contribution in [2.45, 2.75) is 6.54 Å². The van der Waals surface area contributed by atoms with E-state index < -0.39 is 0 Å². The van der Waals surface area contributed by atoms with Crippen molar-refractivity contribution >= 4 is 34.0 Å². The van der Waals surface area contributed by atoms with Crippen LogP contribution in [-0.2, 0) is 11.3 Å². The lowest BCUT2D eigenvalue weighted by atomic mass is 10.1. The molecule has 0 aliphatic carbocycles. The maximum Gasteiger partial charge on any atom is 0.259 e. The summed E-state index contributed by atoms with van der Waals surface area (Å²) in [4.78, 5) is 23.0. The molecule has 5 rings (SSSR count). The van der Waals surface area contributed by atoms with Crippen molar-refractivity contribution in [2.24, 2.45) is 0 Å². The van der Waals surface area contributed by atoms with Gasteiger partial charge < -0.3 is 20.4 Å². The Morgan fingerprint density at radius 1 is 1.06 bits per heavy atom. The third kappa shape index (κ3) is 4.42. The molecular weight excluding hydrogens is 416 g/mol. The average molecular weight is 441 g/mol. The zero-order valence-electron chi connectivity index (χ0n) is 18.4. The second-order valence-electron chi connectivity index (χ2n) is 7.99. The molecule has 1 aliphatic heterocycles. The third-order valence-electron chi connectivity index (χ3n) is 5.43. The molecule has 8 nitrogen and oxygen atoms in total. The van der Waals surface area contributed by atoms with Crippen molar-refractivity contribution in [1.82, 2.24) is 20.3 Å². The Labute approximate surface area is 191 Å². The smallest absolute Gasteiger partial charge is 0.259 e. The van der Waals surface area contributed by atoms with E-state index in [1.165, 1.54) is 10.5 Å². The number of rotatable bonds is 6. The third-order valence-corrected chi connectivity index (χ3v) is 5.43. The first-order valence-corrected chi connectivity index (χ1v) is 10.7. The predicted molar refractivity (Wildman–Crippen MR) is 129 cm³/mol. The lowest BCUT2D eigenvalue weighted by Gasteiger charge is -2.13. The maximum absolute atomic E-state index is 11.9. The number of nitrogens with one attached hydrogen (secondary N) is 3. The van der Waals surface area contributed by atoms with Gasteiger partial charge in [0.1, 0.15) is 11.6 Å². The fraction of sp³-hybridized carbons (Fsp3) is 0.160. The van der Waals surface area contributed by atoms with E-state index in [1.54, 1.807) is 14.1 Å². The van der Waals surface area contributed by atoms with Gasteiger partial charge in [0.15, 0.2) is 12.4 Å². The fourth-order valence-electron chi connectivity index (χ4n) is 3.61. The minimum Gasteiger partial charge on any atom is -0.484 e. The van der Waals surface area contributed by atoms with Gasteiger partial charge in [0.05, 0.1) is 11.2 Å². The van der Waals surface area contributed by atoms with E-state index in [4.69, 9.17) is 14.7 Å². The normalized spacial score (nSPS) is 12.2. The number of para-hydroxylation sites is 1. The van der Waals surface area contributed by atoms with Crippen LogP contribution >= 0.6 is 0 Å². The highest BCUT2D eigenvalue weighted by Crippen LogP contribution is 2.30. The first-order chi connectivity index (χ1) is 16.1. The zero-order valence-corrected chi connectivity index (χ0v) is 18.4. The lowest BCUT2D eigenvalue weighted by molar-refractivity contribution is -0.130. The number of likely N-dealkylation sites (N-methyl/N-ethyl adjacent to an activating group) is 1. The average Bonchev–Trinajstić information content (AvgIpc) is 3.30. The summed E-state index contributed by atoms with van der Waals surface area (Å²) in [6.07, 6.45) is 0. The molecule has 8 heteroatoms. The Balaban J connectivity index is 1.48. The van der Waals surface area contributed by atoms with Gasteiger partial charge in [-0.25, -0.2) is 15.4 Å². The highest BCUT2D eigenvalue weighted by atomic mass is 16.5. The van der Waals surface area contributed by atoms with Gasteiger partial charge in [0, 0.05) is 37.3 Å². The highest BCUT2D eigenvalue weighted by Gasteiger charge is 2.13. The fourth-order valence-corrected chi connectivity index (χ4v) is 3.61. The van der Waals surface area contributed by atoms with E-state index in [0.29, 0.717) is 11.6 Å². The molecule has 166 valence electrons. The summed E-state index contributed by atoms with van der Waals surface area (Å²) >= 11 is 0. The van der Waals surface area contributed by atoms with Gasteiger partial charge in [0.25, 0.3) is 5.91 Å². The second kappa shape index (κ2) is 8.76. The van der Waals surface area contributed by atoms with Gasteiger partial charge in [-0.2, -0.15) is 0 Å². The van der Waals surface area contributed by atoms with Crippen LogP contribution in [0.25, 0.3) is 22.3 Å². The van der Waals surface area contributed by atoms with Crippen molar-refractivity contribution in [1.29, 1.82) is 0 Å². The molecule has 1 aromatic heterocycles. The number of ether oxygens (including phenoxy) is 1. The van der Waals surface area contributed by atoms with Crippen molar-refractivity contribution in [3.05, 3.63) is 72.3 Å². The van der Waals surface area contributed by atoms with Gasteiger partial charge in [-0.1, -0.05) is 24.3 Å². The van der Waals surface area contributed by atoms with Crippen molar-refractivity contribution in [3.63, 3.8) is 0 Å². The number of benzene rings is 3. The first kappa shape index (κ1) is 20.7. The Bertz CT molecular complexity index is 1340. The van der Waals surface area contributed by atoms with Crippen LogP contribution in [0.15, 0.2) is 66.7 Å². The number of hydrogen-bond donors (Lipinski definition) is 3. The topological polar surface area (TPSA) is 91.4 Å². The molecule has 4 aromatic rings. The second-order valence-corrected chi connectivity index (χ2v) is 7.99. The van der Waals surface area contributed by atoms with Crippen LogP contribution in [0.5, 0.6) is 5.75 Å². The number of fused-ring (bicyclic) bond motifs is 2. The van der Waals surface area contributed by atoms with Crippen LogP contribution in [0, 0.1) is 0 Å². The molecule has 0 atom stereocenters. The molecule has 33 heavy (non-hydrogen) atoms. The quantitative estimate of drug-likeness (QED) is 0.418. The number of amides is 1. The molecule has 3 aromatic carbocycles. The van der Waals surface area contributed by atoms with Gasteiger partial charge in [0.2, 0.25) is 0 Å². The van der Waals surface area contributed by atoms with Gasteiger partial charge in [-0.15, -0.1) is 0 Å². The number of aromatic nitrogens is 2. The predicted octanol–water partition coefficient (Wildman–Crippen LogP) is 3.94. The molecule has 0 radical (unpaired) electrons. The summed E-state index contributed by atoms with van der Waals surface area (Å²) in [5.74, 6) is 1.79. The standard InChI is InChI=1S/C25H24N6O2/c1-31(2)23(32)15-33-19-7-5-6-16(13-19)24-28-22-9-4-3-8-20(22)25(29-24)27-18-10-11-21-17(12-18)14-26-30-21/h3-13,26,30H,14-15H2,1-2H3,(H,27,28,29). The maximum atomic E-state index is 11.9. The molecule has 0 fully saturated rings. The number of nitrogens with zero attached hydrogens (tertiary/aromatic N) is 3. The SMILES string of the molecule is CN(C)C(=O)COc1cccc(-c2nc(Nc3ccc4c(c3)CNN4)c3ccccc3n2)c1. The monoisotopic (exact) mass is 440 g/mol. The summed E-state index contributed by atoms with van der Waals surface area (Å²) in [5, 5.41) is 4.40. The van der Waals surface area contributed by atoms with Crippen LogP contribution in [0.4, 0.5) is 17.2 Å². The Morgan fingerprint density at radius 2 is 1.94 bits per heavy atom. The molecule has 0 saturated carbocycles. The number of anilines is 3. The van der Waals surface area contributed by atoms with Crippen LogP contribution < -0.4 is 20.9 Å². The minimum atomic E-state index is -0.103. The summed E-state index contributed by atoms with van der Waals surface area (Å²) < 4.78 is 5.67. The summed E-state index contributed by atoms with van der Waals surface area (Å²) in [7, 11) is 3.40. The zero-order chi connectivity index (χ0) is 22.8. The Morgan fingerprint density at radius 3 is 2.82 bits per heavy atom. The molecule has 3 N–H and O–H groups in total. The molecule has 0 unspecified atom stereocenters. The molecule has 1 aliphatic rings.